The minimum Gasteiger partial charge on any atom is -0.373 e. The number of hydrogen-bond donors (Lipinski definition) is 0. The molecule has 12 heavy (non-hydrogen) atoms. The molecule has 1 nitrogen and oxygen atoms in total. The summed E-state index contributed by atoms with van der Waals surface area (Å²) >= 11 is 0. The fourth-order valence-electron chi connectivity index (χ4n) is 1.39. The first kappa shape index (κ1) is 7.74. The predicted octanol–water partition coefficient (Wildman–Crippen LogP) is 2.40. The van der Waals surface area contributed by atoms with E-state index in [1.54, 1.807) is 13.0 Å². The van der Waals surface area contributed by atoms with Crippen molar-refractivity contribution in [1.82, 2.24) is 0 Å². The van der Waals surface area contributed by atoms with E-state index in [9.17, 15) is 4.39 Å². The van der Waals surface area contributed by atoms with Crippen molar-refractivity contribution in [3.05, 3.63) is 35.1 Å². The van der Waals surface area contributed by atoms with Crippen molar-refractivity contribution in [2.24, 2.45) is 0 Å². The Hall–Kier alpha value is -0.890. The van der Waals surface area contributed by atoms with Crippen LogP contribution in [0.2, 0.25) is 0 Å². The van der Waals surface area contributed by atoms with E-state index in [0.29, 0.717) is 5.56 Å². The monoisotopic (exact) mass is 165 g/mol. The first-order chi connectivity index (χ1) is 5.79. The van der Waals surface area contributed by atoms with Crippen LogP contribution in [-0.2, 0) is 4.74 Å². The third-order valence-electron chi connectivity index (χ3n) is 2.28. The summed E-state index contributed by atoms with van der Waals surface area (Å²) in [6.07, 6.45) is 1.12. The standard InChI is InChI=1S/C10H10FO/c1-7-8(10-5-6-12-10)3-2-4-9(7)11/h2-3,10H,5-6H2,1H3. The molecule has 63 valence electrons. The van der Waals surface area contributed by atoms with Gasteiger partial charge in [0.25, 0.3) is 0 Å². The fraction of sp³-hybridized carbons (Fsp3) is 0.400. The smallest absolute Gasteiger partial charge is 0.134 e. The molecule has 1 aromatic rings. The van der Waals surface area contributed by atoms with E-state index in [0.717, 1.165) is 18.6 Å². The molecule has 0 saturated carbocycles. The quantitative estimate of drug-likeness (QED) is 0.620. The molecule has 1 heterocycles. The van der Waals surface area contributed by atoms with Crippen LogP contribution in [-0.4, -0.2) is 6.61 Å². The Balaban J connectivity index is 2.36. The number of rotatable bonds is 1. The molecule has 1 aromatic carbocycles. The molecular weight excluding hydrogens is 155 g/mol. The summed E-state index contributed by atoms with van der Waals surface area (Å²) < 4.78 is 18.3. The van der Waals surface area contributed by atoms with Crippen LogP contribution in [0.5, 0.6) is 0 Å². The van der Waals surface area contributed by atoms with Gasteiger partial charge < -0.3 is 4.74 Å². The Morgan fingerprint density at radius 3 is 3.00 bits per heavy atom. The highest BCUT2D eigenvalue weighted by atomic mass is 19.1. The summed E-state index contributed by atoms with van der Waals surface area (Å²) in [6, 6.07) is 6.01. The zero-order valence-corrected chi connectivity index (χ0v) is 6.93. The number of hydrogen-bond acceptors (Lipinski definition) is 1. The lowest BCUT2D eigenvalue weighted by Gasteiger charge is -2.28. The van der Waals surface area contributed by atoms with Crippen LogP contribution in [0.4, 0.5) is 4.39 Å². The van der Waals surface area contributed by atoms with E-state index in [-0.39, 0.29) is 11.9 Å². The van der Waals surface area contributed by atoms with Gasteiger partial charge in [-0.3, -0.25) is 0 Å². The maximum absolute atomic E-state index is 13.0. The minimum absolute atomic E-state index is 0.120. The minimum atomic E-state index is -0.261. The second-order valence-corrected chi connectivity index (χ2v) is 3.02. The molecule has 0 aliphatic carbocycles. The van der Waals surface area contributed by atoms with Crippen LogP contribution in [0.1, 0.15) is 23.7 Å². The van der Waals surface area contributed by atoms with Gasteiger partial charge >= 0.3 is 0 Å². The lowest BCUT2D eigenvalue weighted by atomic mass is 9.98. The summed E-state index contributed by atoms with van der Waals surface area (Å²) in [4.78, 5) is 0. The molecule has 1 saturated heterocycles. The highest BCUT2D eigenvalue weighted by molar-refractivity contribution is 5.29. The molecule has 1 fully saturated rings. The Labute approximate surface area is 71.2 Å². The van der Waals surface area contributed by atoms with Crippen LogP contribution >= 0.6 is 0 Å². The van der Waals surface area contributed by atoms with E-state index in [1.165, 1.54) is 0 Å². The van der Waals surface area contributed by atoms with Crippen molar-refractivity contribution in [2.75, 3.05) is 6.61 Å². The molecule has 1 radical (unpaired) electrons. The highest BCUT2D eigenvalue weighted by Crippen LogP contribution is 2.31. The van der Waals surface area contributed by atoms with Crippen molar-refractivity contribution >= 4 is 0 Å². The molecule has 1 atom stereocenters. The number of ether oxygens (including phenoxy) is 1. The third kappa shape index (κ3) is 1.12. The van der Waals surface area contributed by atoms with E-state index in [4.69, 9.17) is 4.74 Å². The van der Waals surface area contributed by atoms with Crippen molar-refractivity contribution in [1.29, 1.82) is 0 Å². The van der Waals surface area contributed by atoms with Gasteiger partial charge in [0.2, 0.25) is 0 Å². The summed E-state index contributed by atoms with van der Waals surface area (Å²) in [5, 5.41) is 0. The van der Waals surface area contributed by atoms with E-state index >= 15 is 0 Å². The van der Waals surface area contributed by atoms with Gasteiger partial charge in [0.15, 0.2) is 0 Å². The summed E-state index contributed by atoms with van der Waals surface area (Å²) in [5.74, 6) is -0.261. The molecule has 2 rings (SSSR count). The predicted molar refractivity (Wildman–Crippen MR) is 43.3 cm³/mol. The number of benzene rings is 1. The van der Waals surface area contributed by atoms with Gasteiger partial charge in [0.1, 0.15) is 5.82 Å². The molecule has 0 aromatic heterocycles. The SMILES string of the molecule is Cc1c(F)[c]ccc1C1CCO1. The fourth-order valence-corrected chi connectivity index (χ4v) is 1.39. The topological polar surface area (TPSA) is 9.23 Å². The van der Waals surface area contributed by atoms with Crippen LogP contribution < -0.4 is 0 Å². The van der Waals surface area contributed by atoms with Gasteiger partial charge in [-0.1, -0.05) is 12.1 Å². The average molecular weight is 165 g/mol. The van der Waals surface area contributed by atoms with Crippen molar-refractivity contribution in [2.45, 2.75) is 19.4 Å². The maximum Gasteiger partial charge on any atom is 0.134 e. The van der Waals surface area contributed by atoms with E-state index in [2.05, 4.69) is 6.07 Å². The lowest BCUT2D eigenvalue weighted by molar-refractivity contribution is -0.0532. The molecule has 0 spiro atoms. The molecule has 0 amide bonds. The summed E-state index contributed by atoms with van der Waals surface area (Å²) in [6.45, 7) is 2.56. The molecular formula is C10H10FO. The van der Waals surface area contributed by atoms with Crippen LogP contribution in [0.25, 0.3) is 0 Å². The van der Waals surface area contributed by atoms with Crippen LogP contribution in [0.15, 0.2) is 12.1 Å². The van der Waals surface area contributed by atoms with Crippen LogP contribution in [0.3, 0.4) is 0 Å². The Morgan fingerprint density at radius 2 is 2.42 bits per heavy atom. The number of halogens is 1. The maximum atomic E-state index is 13.0. The summed E-state index contributed by atoms with van der Waals surface area (Å²) in [7, 11) is 0. The second-order valence-electron chi connectivity index (χ2n) is 3.02. The van der Waals surface area contributed by atoms with Crippen LogP contribution in [0, 0.1) is 18.8 Å². The van der Waals surface area contributed by atoms with Gasteiger partial charge in [-0.15, -0.1) is 0 Å². The molecule has 2 heteroatoms. The van der Waals surface area contributed by atoms with E-state index in [1.807, 2.05) is 6.07 Å². The van der Waals surface area contributed by atoms with E-state index < -0.39 is 0 Å². The van der Waals surface area contributed by atoms with Gasteiger partial charge in [-0.2, -0.15) is 0 Å². The molecule has 1 aliphatic heterocycles. The summed E-state index contributed by atoms with van der Waals surface area (Å²) in [5.41, 5.74) is 1.64. The van der Waals surface area contributed by atoms with Gasteiger partial charge in [0, 0.05) is 12.5 Å². The molecule has 1 aliphatic rings. The zero-order chi connectivity index (χ0) is 8.55. The Bertz CT molecular complexity index is 292. The first-order valence-corrected chi connectivity index (χ1v) is 4.07. The Kier molecular flexibility index (Phi) is 1.85. The average Bonchev–Trinajstić information content (AvgIpc) is 1.95. The molecule has 1 unspecified atom stereocenters. The van der Waals surface area contributed by atoms with Crippen molar-refractivity contribution in [3.63, 3.8) is 0 Å². The third-order valence-corrected chi connectivity index (χ3v) is 2.28. The molecule has 0 bridgehead atoms. The normalized spacial score (nSPS) is 22.0. The van der Waals surface area contributed by atoms with Gasteiger partial charge in [0.05, 0.1) is 12.7 Å². The lowest BCUT2D eigenvalue weighted by Crippen LogP contribution is -2.19. The van der Waals surface area contributed by atoms with Gasteiger partial charge in [-0.25, -0.2) is 4.39 Å². The first-order valence-electron chi connectivity index (χ1n) is 4.07. The Morgan fingerprint density at radius 1 is 1.67 bits per heavy atom. The second kappa shape index (κ2) is 2.87. The zero-order valence-electron chi connectivity index (χ0n) is 6.93. The largest absolute Gasteiger partial charge is 0.373 e. The van der Waals surface area contributed by atoms with Crippen molar-refractivity contribution in [3.8, 4) is 0 Å². The van der Waals surface area contributed by atoms with Gasteiger partial charge in [-0.05, 0) is 18.1 Å². The molecule has 0 N–H and O–H groups in total. The highest BCUT2D eigenvalue weighted by Gasteiger charge is 2.22. The van der Waals surface area contributed by atoms with Crippen molar-refractivity contribution < 1.29 is 9.13 Å².